The monoisotopic (exact) mass is 381 g/mol. The van der Waals surface area contributed by atoms with Crippen LogP contribution in [-0.4, -0.2) is 55.1 Å². The SMILES string of the molecule is C=C(C)CN1CCC(NC(=NC)NCCc2c[nH]c3c(CC)cccc23)CC1. The first-order valence-electron chi connectivity index (χ1n) is 10.5. The molecule has 3 rings (SSSR count). The lowest BCUT2D eigenvalue weighted by Crippen LogP contribution is -2.49. The van der Waals surface area contributed by atoms with Gasteiger partial charge in [-0.15, -0.1) is 0 Å². The highest BCUT2D eigenvalue weighted by atomic mass is 15.2. The summed E-state index contributed by atoms with van der Waals surface area (Å²) in [6, 6.07) is 7.07. The number of aryl methyl sites for hydroxylation is 1. The zero-order chi connectivity index (χ0) is 19.9. The molecule has 0 amide bonds. The van der Waals surface area contributed by atoms with Crippen molar-refractivity contribution in [3.8, 4) is 0 Å². The number of aromatic amines is 1. The van der Waals surface area contributed by atoms with E-state index in [1.807, 2.05) is 7.05 Å². The lowest BCUT2D eigenvalue weighted by atomic mass is 10.0. The molecule has 1 fully saturated rings. The fraction of sp³-hybridized carbons (Fsp3) is 0.522. The van der Waals surface area contributed by atoms with Crippen molar-refractivity contribution >= 4 is 16.9 Å². The predicted octanol–water partition coefficient (Wildman–Crippen LogP) is 3.48. The van der Waals surface area contributed by atoms with E-state index in [2.05, 4.69) is 70.3 Å². The first kappa shape index (κ1) is 20.5. The van der Waals surface area contributed by atoms with Crippen LogP contribution in [0, 0.1) is 0 Å². The number of hydrogen-bond acceptors (Lipinski definition) is 2. The number of H-pyrrole nitrogens is 1. The number of para-hydroxylation sites is 1. The van der Waals surface area contributed by atoms with E-state index in [9.17, 15) is 0 Å². The molecule has 2 aromatic rings. The van der Waals surface area contributed by atoms with Crippen LogP contribution in [-0.2, 0) is 12.8 Å². The zero-order valence-corrected chi connectivity index (χ0v) is 17.6. The van der Waals surface area contributed by atoms with E-state index in [4.69, 9.17) is 0 Å². The summed E-state index contributed by atoms with van der Waals surface area (Å²) in [5, 5.41) is 8.43. The first-order valence-corrected chi connectivity index (χ1v) is 10.5. The maximum absolute atomic E-state index is 4.42. The van der Waals surface area contributed by atoms with Gasteiger partial charge in [0.2, 0.25) is 0 Å². The molecule has 0 spiro atoms. The van der Waals surface area contributed by atoms with Crippen molar-refractivity contribution in [2.24, 2.45) is 4.99 Å². The van der Waals surface area contributed by atoms with Gasteiger partial charge in [0, 0.05) is 56.4 Å². The molecule has 152 valence electrons. The third-order valence-electron chi connectivity index (χ3n) is 5.60. The molecular formula is C23H35N5. The molecule has 0 aliphatic carbocycles. The number of guanidine groups is 1. The van der Waals surface area contributed by atoms with Gasteiger partial charge < -0.3 is 15.6 Å². The Balaban J connectivity index is 1.47. The summed E-state index contributed by atoms with van der Waals surface area (Å²) in [6.07, 6.45) is 6.48. The minimum absolute atomic E-state index is 0.493. The van der Waals surface area contributed by atoms with Gasteiger partial charge in [0.15, 0.2) is 5.96 Å². The number of fused-ring (bicyclic) bond motifs is 1. The molecule has 1 aromatic carbocycles. The average Bonchev–Trinajstić information content (AvgIpc) is 3.11. The Hall–Kier alpha value is -2.27. The van der Waals surface area contributed by atoms with Gasteiger partial charge >= 0.3 is 0 Å². The highest BCUT2D eigenvalue weighted by Crippen LogP contribution is 2.22. The van der Waals surface area contributed by atoms with Gasteiger partial charge in [0.1, 0.15) is 0 Å². The Labute approximate surface area is 169 Å². The van der Waals surface area contributed by atoms with E-state index in [1.54, 1.807) is 0 Å². The van der Waals surface area contributed by atoms with Gasteiger partial charge in [-0.1, -0.05) is 37.3 Å². The van der Waals surface area contributed by atoms with Gasteiger partial charge in [0.05, 0.1) is 0 Å². The van der Waals surface area contributed by atoms with Crippen molar-refractivity contribution in [2.45, 2.75) is 45.6 Å². The molecule has 3 N–H and O–H groups in total. The van der Waals surface area contributed by atoms with Crippen molar-refractivity contribution in [1.82, 2.24) is 20.5 Å². The van der Waals surface area contributed by atoms with Crippen LogP contribution in [0.3, 0.4) is 0 Å². The van der Waals surface area contributed by atoms with Gasteiger partial charge in [0.25, 0.3) is 0 Å². The van der Waals surface area contributed by atoms with Crippen LogP contribution in [0.1, 0.15) is 37.8 Å². The van der Waals surface area contributed by atoms with Crippen LogP contribution in [0.4, 0.5) is 0 Å². The van der Waals surface area contributed by atoms with E-state index in [0.717, 1.165) is 57.8 Å². The summed E-state index contributed by atoms with van der Waals surface area (Å²) in [4.78, 5) is 10.4. The van der Waals surface area contributed by atoms with Gasteiger partial charge in [-0.25, -0.2) is 0 Å². The van der Waals surface area contributed by atoms with E-state index in [-0.39, 0.29) is 0 Å². The lowest BCUT2D eigenvalue weighted by molar-refractivity contribution is 0.221. The highest BCUT2D eigenvalue weighted by molar-refractivity contribution is 5.86. The number of hydrogen-bond donors (Lipinski definition) is 3. The van der Waals surface area contributed by atoms with Crippen LogP contribution in [0.15, 0.2) is 41.5 Å². The van der Waals surface area contributed by atoms with Crippen LogP contribution < -0.4 is 10.6 Å². The zero-order valence-electron chi connectivity index (χ0n) is 17.6. The van der Waals surface area contributed by atoms with Gasteiger partial charge in [-0.3, -0.25) is 9.89 Å². The number of nitrogens with zero attached hydrogens (tertiary/aromatic N) is 2. The average molecular weight is 382 g/mol. The molecule has 28 heavy (non-hydrogen) atoms. The Bertz CT molecular complexity index is 812. The number of aliphatic imine (C=N–C) groups is 1. The normalized spacial score (nSPS) is 16.5. The van der Waals surface area contributed by atoms with Crippen LogP contribution in [0.25, 0.3) is 10.9 Å². The fourth-order valence-corrected chi connectivity index (χ4v) is 4.10. The van der Waals surface area contributed by atoms with E-state index in [0.29, 0.717) is 6.04 Å². The molecule has 1 aliphatic heterocycles. The smallest absolute Gasteiger partial charge is 0.191 e. The minimum atomic E-state index is 0.493. The second-order valence-corrected chi connectivity index (χ2v) is 7.91. The molecule has 0 radical (unpaired) electrons. The quantitative estimate of drug-likeness (QED) is 0.391. The summed E-state index contributed by atoms with van der Waals surface area (Å²) in [5.74, 6) is 0.910. The molecule has 0 unspecified atom stereocenters. The highest BCUT2D eigenvalue weighted by Gasteiger charge is 2.19. The molecule has 0 atom stereocenters. The second kappa shape index (κ2) is 9.78. The number of aromatic nitrogens is 1. The summed E-state index contributed by atoms with van der Waals surface area (Å²) in [5.41, 5.74) is 5.27. The molecular weight excluding hydrogens is 346 g/mol. The van der Waals surface area contributed by atoms with E-state index < -0.39 is 0 Å². The van der Waals surface area contributed by atoms with Crippen LogP contribution >= 0.6 is 0 Å². The van der Waals surface area contributed by atoms with Crippen molar-refractivity contribution in [3.63, 3.8) is 0 Å². The molecule has 1 aliphatic rings. The number of piperidine rings is 1. The molecule has 1 aromatic heterocycles. The van der Waals surface area contributed by atoms with E-state index >= 15 is 0 Å². The molecule has 2 heterocycles. The molecule has 0 saturated carbocycles. The summed E-state index contributed by atoms with van der Waals surface area (Å²) < 4.78 is 0. The van der Waals surface area contributed by atoms with Crippen molar-refractivity contribution in [1.29, 1.82) is 0 Å². The lowest BCUT2D eigenvalue weighted by Gasteiger charge is -2.33. The largest absolute Gasteiger partial charge is 0.361 e. The van der Waals surface area contributed by atoms with Gasteiger partial charge in [-0.2, -0.15) is 0 Å². The number of nitrogens with one attached hydrogen (secondary N) is 3. The maximum atomic E-state index is 4.42. The number of likely N-dealkylation sites (tertiary alicyclic amines) is 1. The first-order chi connectivity index (χ1) is 13.6. The third kappa shape index (κ3) is 5.16. The number of rotatable bonds is 7. The van der Waals surface area contributed by atoms with Gasteiger partial charge in [-0.05, 0) is 43.7 Å². The van der Waals surface area contributed by atoms with Crippen molar-refractivity contribution in [3.05, 3.63) is 47.7 Å². The van der Waals surface area contributed by atoms with Crippen LogP contribution in [0.2, 0.25) is 0 Å². The number of benzene rings is 1. The Morgan fingerprint density at radius 1 is 1.29 bits per heavy atom. The predicted molar refractivity (Wildman–Crippen MR) is 120 cm³/mol. The Kier molecular flexibility index (Phi) is 7.15. The summed E-state index contributed by atoms with van der Waals surface area (Å²) >= 11 is 0. The van der Waals surface area contributed by atoms with Crippen LogP contribution in [0.5, 0.6) is 0 Å². The standard InChI is InChI=1S/C23H35N5/c1-5-18-7-6-8-21-19(15-26-22(18)21)9-12-25-23(24-4)27-20-10-13-28(14-11-20)16-17(2)3/h6-8,15,20,26H,2,5,9-14,16H2,1,3-4H3,(H2,24,25,27). The molecule has 5 nitrogen and oxygen atoms in total. The molecule has 5 heteroatoms. The topological polar surface area (TPSA) is 55.4 Å². The maximum Gasteiger partial charge on any atom is 0.191 e. The Morgan fingerprint density at radius 2 is 2.07 bits per heavy atom. The third-order valence-corrected chi connectivity index (χ3v) is 5.60. The van der Waals surface area contributed by atoms with E-state index in [1.165, 1.54) is 27.6 Å². The van der Waals surface area contributed by atoms with Crippen molar-refractivity contribution in [2.75, 3.05) is 33.2 Å². The molecule has 1 saturated heterocycles. The second-order valence-electron chi connectivity index (χ2n) is 7.91. The molecule has 0 bridgehead atoms. The summed E-state index contributed by atoms with van der Waals surface area (Å²) in [6.45, 7) is 12.5. The summed E-state index contributed by atoms with van der Waals surface area (Å²) in [7, 11) is 1.85. The Morgan fingerprint density at radius 3 is 2.75 bits per heavy atom. The van der Waals surface area contributed by atoms with Crippen molar-refractivity contribution < 1.29 is 0 Å². The fourth-order valence-electron chi connectivity index (χ4n) is 4.10. The minimum Gasteiger partial charge on any atom is -0.361 e.